The van der Waals surface area contributed by atoms with Crippen LogP contribution < -0.4 is 19.7 Å². The van der Waals surface area contributed by atoms with E-state index in [4.69, 9.17) is 19.3 Å². The number of methoxy groups -OCH3 is 2. The molecule has 0 bridgehead atoms. The van der Waals surface area contributed by atoms with Crippen molar-refractivity contribution in [1.82, 2.24) is 9.78 Å². The highest BCUT2D eigenvalue weighted by molar-refractivity contribution is 5.92. The van der Waals surface area contributed by atoms with Gasteiger partial charge < -0.3 is 24.4 Å². The molecule has 1 aliphatic heterocycles. The fourth-order valence-electron chi connectivity index (χ4n) is 3.69. The number of hydrogen-bond acceptors (Lipinski definition) is 6. The molecule has 0 atom stereocenters. The van der Waals surface area contributed by atoms with E-state index in [0.717, 1.165) is 30.0 Å². The average molecular weight is 437 g/mol. The molecule has 0 spiro atoms. The molecule has 168 valence electrons. The molecule has 0 unspecified atom stereocenters. The highest BCUT2D eigenvalue weighted by atomic mass is 16.5. The summed E-state index contributed by atoms with van der Waals surface area (Å²) < 4.78 is 17.8. The number of nitrogens with one attached hydrogen (secondary N) is 1. The first kappa shape index (κ1) is 21.7. The smallest absolute Gasteiger partial charge is 0.246 e. The summed E-state index contributed by atoms with van der Waals surface area (Å²) in [6, 6.07) is 13.6. The fourth-order valence-corrected chi connectivity index (χ4v) is 3.69. The number of rotatable bonds is 7. The third-order valence-electron chi connectivity index (χ3n) is 5.40. The Morgan fingerprint density at radius 1 is 1.09 bits per heavy atom. The number of aryl methyl sites for hydroxylation is 1. The summed E-state index contributed by atoms with van der Waals surface area (Å²) >= 11 is 0. The van der Waals surface area contributed by atoms with E-state index in [2.05, 4.69) is 41.4 Å². The van der Waals surface area contributed by atoms with Crippen molar-refractivity contribution < 1.29 is 19.0 Å². The zero-order valence-electron chi connectivity index (χ0n) is 18.6. The minimum Gasteiger partial charge on any atom is -0.497 e. The van der Waals surface area contributed by atoms with E-state index in [9.17, 15) is 4.79 Å². The molecule has 1 aliphatic rings. The van der Waals surface area contributed by atoms with Crippen molar-refractivity contribution in [3.05, 3.63) is 54.2 Å². The van der Waals surface area contributed by atoms with Gasteiger partial charge in [0.05, 0.1) is 33.1 Å². The molecule has 0 radical (unpaired) electrons. The molecular weight excluding hydrogens is 408 g/mol. The number of benzene rings is 2. The van der Waals surface area contributed by atoms with Crippen LogP contribution in [0.3, 0.4) is 0 Å². The number of hydrogen-bond donors (Lipinski definition) is 1. The zero-order valence-corrected chi connectivity index (χ0v) is 18.6. The number of carbonyl (C=O) groups is 1. The van der Waals surface area contributed by atoms with Gasteiger partial charge in [0.2, 0.25) is 5.91 Å². The van der Waals surface area contributed by atoms with E-state index in [1.807, 2.05) is 6.20 Å². The number of morpholine rings is 1. The Labute approximate surface area is 187 Å². The summed E-state index contributed by atoms with van der Waals surface area (Å²) in [5.74, 6) is 1.86. The number of nitrogens with zero attached hydrogens (tertiary/aromatic N) is 3. The highest BCUT2D eigenvalue weighted by Crippen LogP contribution is 2.31. The normalized spacial score (nSPS) is 13.7. The molecule has 0 saturated carbocycles. The van der Waals surface area contributed by atoms with Crippen molar-refractivity contribution in [2.75, 3.05) is 50.7 Å². The summed E-state index contributed by atoms with van der Waals surface area (Å²) in [5, 5.41) is 7.66. The molecule has 2 aromatic carbocycles. The maximum Gasteiger partial charge on any atom is 0.246 e. The molecule has 1 amide bonds. The molecule has 1 aromatic heterocycles. The van der Waals surface area contributed by atoms with E-state index < -0.39 is 0 Å². The van der Waals surface area contributed by atoms with E-state index in [1.165, 1.54) is 5.56 Å². The van der Waals surface area contributed by atoms with Crippen LogP contribution >= 0.6 is 0 Å². The van der Waals surface area contributed by atoms with Gasteiger partial charge in [0.15, 0.2) is 5.82 Å². The van der Waals surface area contributed by atoms with E-state index >= 15 is 0 Å². The van der Waals surface area contributed by atoms with Crippen molar-refractivity contribution >= 4 is 17.4 Å². The Bertz CT molecular complexity index is 1070. The van der Waals surface area contributed by atoms with Gasteiger partial charge in [-0.05, 0) is 24.6 Å². The van der Waals surface area contributed by atoms with Crippen LogP contribution in [-0.4, -0.2) is 56.2 Å². The topological polar surface area (TPSA) is 77.9 Å². The molecule has 1 N–H and O–H groups in total. The van der Waals surface area contributed by atoms with Crippen LogP contribution in [0.2, 0.25) is 0 Å². The Balaban J connectivity index is 1.58. The lowest BCUT2D eigenvalue weighted by atomic mass is 10.1. The van der Waals surface area contributed by atoms with Gasteiger partial charge >= 0.3 is 0 Å². The van der Waals surface area contributed by atoms with Crippen LogP contribution in [0, 0.1) is 6.92 Å². The van der Waals surface area contributed by atoms with Gasteiger partial charge in [-0.15, -0.1) is 0 Å². The molecule has 32 heavy (non-hydrogen) atoms. The van der Waals surface area contributed by atoms with Crippen LogP contribution in [0.5, 0.6) is 11.5 Å². The zero-order chi connectivity index (χ0) is 22.5. The molecule has 4 rings (SSSR count). The van der Waals surface area contributed by atoms with Crippen molar-refractivity contribution in [2.45, 2.75) is 13.5 Å². The predicted octanol–water partition coefficient (Wildman–Crippen LogP) is 3.35. The van der Waals surface area contributed by atoms with Crippen molar-refractivity contribution in [2.24, 2.45) is 0 Å². The average Bonchev–Trinajstić information content (AvgIpc) is 3.23. The lowest BCUT2D eigenvalue weighted by Gasteiger charge is -2.27. The van der Waals surface area contributed by atoms with Gasteiger partial charge in [0.25, 0.3) is 0 Å². The summed E-state index contributed by atoms with van der Waals surface area (Å²) in [6.45, 7) is 5.00. The molecule has 0 aliphatic carbocycles. The predicted molar refractivity (Wildman–Crippen MR) is 124 cm³/mol. The van der Waals surface area contributed by atoms with E-state index in [-0.39, 0.29) is 12.5 Å². The molecule has 8 nitrogen and oxygen atoms in total. The maximum atomic E-state index is 12.8. The molecule has 8 heteroatoms. The van der Waals surface area contributed by atoms with Crippen LogP contribution in [-0.2, 0) is 16.1 Å². The minimum absolute atomic E-state index is 0.0730. The summed E-state index contributed by atoms with van der Waals surface area (Å²) in [5.41, 5.74) is 3.81. The second-order valence-corrected chi connectivity index (χ2v) is 7.64. The second kappa shape index (κ2) is 9.74. The second-order valence-electron chi connectivity index (χ2n) is 7.64. The Morgan fingerprint density at radius 2 is 1.84 bits per heavy atom. The first-order valence-electron chi connectivity index (χ1n) is 10.6. The van der Waals surface area contributed by atoms with Gasteiger partial charge in [-0.3, -0.25) is 9.48 Å². The van der Waals surface area contributed by atoms with Crippen LogP contribution in [0.15, 0.2) is 48.7 Å². The van der Waals surface area contributed by atoms with Crippen LogP contribution in [0.25, 0.3) is 11.1 Å². The van der Waals surface area contributed by atoms with E-state index in [0.29, 0.717) is 30.4 Å². The molecule has 1 saturated heterocycles. The monoisotopic (exact) mass is 436 g/mol. The summed E-state index contributed by atoms with van der Waals surface area (Å²) in [7, 11) is 3.14. The maximum absolute atomic E-state index is 12.8. The molecular formula is C24H28N4O4. The first-order valence-corrected chi connectivity index (χ1v) is 10.6. The quantitative estimate of drug-likeness (QED) is 0.612. The molecule has 1 fully saturated rings. The number of anilines is 2. The lowest BCUT2D eigenvalue weighted by molar-refractivity contribution is -0.116. The van der Waals surface area contributed by atoms with Crippen molar-refractivity contribution in [1.29, 1.82) is 0 Å². The lowest BCUT2D eigenvalue weighted by Crippen LogP contribution is -2.36. The van der Waals surface area contributed by atoms with Gasteiger partial charge in [-0.25, -0.2) is 0 Å². The highest BCUT2D eigenvalue weighted by Gasteiger charge is 2.21. The van der Waals surface area contributed by atoms with E-state index in [1.54, 1.807) is 37.1 Å². The number of carbonyl (C=O) groups excluding carboxylic acids is 1. The third-order valence-corrected chi connectivity index (χ3v) is 5.40. The minimum atomic E-state index is -0.206. The SMILES string of the molecule is COc1ccc(OC)c(NC(=O)Cn2cc(-c3ccc(C)cc3)c(N3CCOCC3)n2)c1. The van der Waals surface area contributed by atoms with Crippen molar-refractivity contribution in [3.63, 3.8) is 0 Å². The molecule has 2 heterocycles. The van der Waals surface area contributed by atoms with Crippen LogP contribution in [0.4, 0.5) is 11.5 Å². The number of aromatic nitrogens is 2. The Hall–Kier alpha value is -3.52. The summed E-state index contributed by atoms with van der Waals surface area (Å²) in [6.07, 6.45) is 1.93. The van der Waals surface area contributed by atoms with Gasteiger partial charge in [-0.1, -0.05) is 29.8 Å². The largest absolute Gasteiger partial charge is 0.497 e. The fraction of sp³-hybridized carbons (Fsp3) is 0.333. The summed E-state index contributed by atoms with van der Waals surface area (Å²) in [4.78, 5) is 15.0. The third kappa shape index (κ3) is 4.86. The van der Waals surface area contributed by atoms with Crippen LogP contribution in [0.1, 0.15) is 5.56 Å². The molecule has 3 aromatic rings. The number of ether oxygens (including phenoxy) is 3. The van der Waals surface area contributed by atoms with Gasteiger partial charge in [0.1, 0.15) is 18.0 Å². The Kier molecular flexibility index (Phi) is 6.61. The first-order chi connectivity index (χ1) is 15.6. The van der Waals surface area contributed by atoms with Crippen molar-refractivity contribution in [3.8, 4) is 22.6 Å². The standard InChI is InChI=1S/C24H28N4O4/c1-17-4-6-18(7-5-17)20-15-28(26-24(20)27-10-12-32-13-11-27)16-23(29)25-21-14-19(30-2)8-9-22(21)31-3/h4-9,14-15H,10-13,16H2,1-3H3,(H,25,29). The Morgan fingerprint density at radius 3 is 2.53 bits per heavy atom. The van der Waals surface area contributed by atoms with Gasteiger partial charge in [-0.2, -0.15) is 5.10 Å². The van der Waals surface area contributed by atoms with Gasteiger partial charge in [0, 0.05) is 30.9 Å². The number of amides is 1.